The summed E-state index contributed by atoms with van der Waals surface area (Å²) in [5, 5.41) is 23.0. The predicted molar refractivity (Wildman–Crippen MR) is 255 cm³/mol. The number of aliphatic hydroxyl groups is 2. The third-order valence-corrected chi connectivity index (χ3v) is 12.0. The zero-order valence-corrected chi connectivity index (χ0v) is 39.5. The number of carbonyl (C=O) groups excluding carboxylic acids is 2. The molecule has 0 aliphatic heterocycles. The summed E-state index contributed by atoms with van der Waals surface area (Å²) < 4.78 is 5.45. The van der Waals surface area contributed by atoms with E-state index in [9.17, 15) is 19.8 Å². The van der Waals surface area contributed by atoms with Gasteiger partial charge in [0.15, 0.2) is 0 Å². The van der Waals surface area contributed by atoms with Crippen LogP contribution in [-0.4, -0.2) is 47.4 Å². The van der Waals surface area contributed by atoms with E-state index in [-0.39, 0.29) is 18.5 Å². The second kappa shape index (κ2) is 49.0. The molecule has 0 aromatic rings. The zero-order chi connectivity index (χ0) is 43.0. The summed E-state index contributed by atoms with van der Waals surface area (Å²) in [5.74, 6) is -0.161. The molecule has 0 spiro atoms. The molecule has 0 fully saturated rings. The number of esters is 1. The summed E-state index contributed by atoms with van der Waals surface area (Å²) in [6, 6.07) is -0.664. The van der Waals surface area contributed by atoms with Crippen LogP contribution in [0.2, 0.25) is 0 Å². The van der Waals surface area contributed by atoms with E-state index >= 15 is 0 Å². The smallest absolute Gasteiger partial charge is 0.305 e. The Balaban J connectivity index is 3.53. The Labute approximate surface area is 367 Å². The van der Waals surface area contributed by atoms with Crippen LogP contribution in [0, 0.1) is 0 Å². The molecule has 0 saturated heterocycles. The Bertz CT molecular complexity index is 920. The molecular formula is C53H101NO5. The van der Waals surface area contributed by atoms with Crippen LogP contribution in [-0.2, 0) is 14.3 Å². The van der Waals surface area contributed by atoms with Crippen LogP contribution in [0.15, 0.2) is 24.3 Å². The first-order chi connectivity index (χ1) is 29.0. The minimum Gasteiger partial charge on any atom is -0.466 e. The van der Waals surface area contributed by atoms with Gasteiger partial charge < -0.3 is 20.3 Å². The molecule has 348 valence electrons. The van der Waals surface area contributed by atoms with Crippen LogP contribution < -0.4 is 5.32 Å². The molecule has 0 saturated carbocycles. The molecule has 3 N–H and O–H groups in total. The van der Waals surface area contributed by atoms with Gasteiger partial charge in [-0.05, 0) is 51.4 Å². The summed E-state index contributed by atoms with van der Waals surface area (Å²) in [6.45, 7) is 4.82. The molecule has 0 rings (SSSR count). The molecule has 2 atom stereocenters. The Morgan fingerprint density at radius 3 is 1.24 bits per heavy atom. The Hall–Kier alpha value is -1.66. The topological polar surface area (TPSA) is 95.9 Å². The average Bonchev–Trinajstić information content (AvgIpc) is 3.24. The highest BCUT2D eigenvalue weighted by molar-refractivity contribution is 5.76. The maximum absolute atomic E-state index is 12.4. The average molecular weight is 832 g/mol. The summed E-state index contributed by atoms with van der Waals surface area (Å²) in [5.41, 5.74) is 0. The van der Waals surface area contributed by atoms with Crippen molar-refractivity contribution >= 4 is 11.9 Å². The lowest BCUT2D eigenvalue weighted by molar-refractivity contribution is -0.143. The van der Waals surface area contributed by atoms with Gasteiger partial charge in [0.1, 0.15) is 0 Å². The number of rotatable bonds is 48. The van der Waals surface area contributed by atoms with Crippen LogP contribution in [0.1, 0.15) is 277 Å². The highest BCUT2D eigenvalue weighted by Crippen LogP contribution is 2.16. The van der Waals surface area contributed by atoms with Crippen molar-refractivity contribution in [3.05, 3.63) is 24.3 Å². The zero-order valence-electron chi connectivity index (χ0n) is 39.5. The minimum atomic E-state index is -0.874. The van der Waals surface area contributed by atoms with Crippen molar-refractivity contribution in [1.82, 2.24) is 5.32 Å². The molecule has 59 heavy (non-hydrogen) atoms. The van der Waals surface area contributed by atoms with Gasteiger partial charge in [0, 0.05) is 12.8 Å². The van der Waals surface area contributed by atoms with E-state index in [1.807, 2.05) is 6.08 Å². The largest absolute Gasteiger partial charge is 0.466 e. The van der Waals surface area contributed by atoms with Gasteiger partial charge in [-0.25, -0.2) is 0 Å². The van der Waals surface area contributed by atoms with Gasteiger partial charge >= 0.3 is 5.97 Å². The van der Waals surface area contributed by atoms with Gasteiger partial charge in [-0.15, -0.1) is 0 Å². The Morgan fingerprint density at radius 1 is 0.458 bits per heavy atom. The number of amides is 1. The van der Waals surface area contributed by atoms with Crippen molar-refractivity contribution in [3.8, 4) is 0 Å². The van der Waals surface area contributed by atoms with Crippen LogP contribution in [0.4, 0.5) is 0 Å². The third kappa shape index (κ3) is 45.7. The van der Waals surface area contributed by atoms with E-state index in [0.29, 0.717) is 19.4 Å². The molecule has 0 aliphatic carbocycles. The fraction of sp³-hybridized carbons (Fsp3) is 0.887. The van der Waals surface area contributed by atoms with Gasteiger partial charge in [-0.2, -0.15) is 0 Å². The van der Waals surface area contributed by atoms with Gasteiger partial charge in [-0.3, -0.25) is 9.59 Å². The molecule has 0 aromatic carbocycles. The second-order valence-corrected chi connectivity index (χ2v) is 17.9. The summed E-state index contributed by atoms with van der Waals surface area (Å²) in [6.07, 6.45) is 57.6. The molecule has 0 aromatic heterocycles. The van der Waals surface area contributed by atoms with Crippen LogP contribution >= 0.6 is 0 Å². The highest BCUT2D eigenvalue weighted by atomic mass is 16.5. The first-order valence-electron chi connectivity index (χ1n) is 26.1. The van der Waals surface area contributed by atoms with E-state index in [4.69, 9.17) is 4.74 Å². The Kier molecular flexibility index (Phi) is 47.6. The number of hydrogen-bond donors (Lipinski definition) is 3. The molecule has 0 aliphatic rings. The molecule has 0 bridgehead atoms. The van der Waals surface area contributed by atoms with Crippen molar-refractivity contribution in [2.45, 2.75) is 289 Å². The van der Waals surface area contributed by atoms with Crippen LogP contribution in [0.5, 0.6) is 0 Å². The summed E-state index contributed by atoms with van der Waals surface area (Å²) in [7, 11) is 0. The van der Waals surface area contributed by atoms with Crippen molar-refractivity contribution in [1.29, 1.82) is 0 Å². The molecule has 0 heterocycles. The molecule has 6 nitrogen and oxygen atoms in total. The second-order valence-electron chi connectivity index (χ2n) is 17.9. The van der Waals surface area contributed by atoms with Crippen LogP contribution in [0.3, 0.4) is 0 Å². The third-order valence-electron chi connectivity index (χ3n) is 12.0. The molecular weight excluding hydrogens is 731 g/mol. The van der Waals surface area contributed by atoms with Gasteiger partial charge in [0.05, 0.1) is 25.4 Å². The summed E-state index contributed by atoms with van der Waals surface area (Å²) in [4.78, 5) is 24.5. The lowest BCUT2D eigenvalue weighted by Gasteiger charge is -2.19. The van der Waals surface area contributed by atoms with E-state index in [1.165, 1.54) is 180 Å². The number of hydrogen-bond acceptors (Lipinski definition) is 5. The van der Waals surface area contributed by atoms with Crippen molar-refractivity contribution in [2.75, 3.05) is 13.2 Å². The maximum Gasteiger partial charge on any atom is 0.305 e. The fourth-order valence-electron chi connectivity index (χ4n) is 7.93. The Morgan fingerprint density at radius 2 is 0.814 bits per heavy atom. The first kappa shape index (κ1) is 57.3. The molecule has 0 radical (unpaired) electrons. The number of nitrogens with one attached hydrogen (secondary N) is 1. The van der Waals surface area contributed by atoms with Crippen molar-refractivity contribution in [2.24, 2.45) is 0 Å². The van der Waals surface area contributed by atoms with Gasteiger partial charge in [-0.1, -0.05) is 237 Å². The van der Waals surface area contributed by atoms with Gasteiger partial charge in [0.2, 0.25) is 5.91 Å². The number of unbranched alkanes of at least 4 members (excludes halogenated alkanes) is 35. The van der Waals surface area contributed by atoms with E-state index in [1.54, 1.807) is 6.08 Å². The maximum atomic E-state index is 12.4. The monoisotopic (exact) mass is 832 g/mol. The highest BCUT2D eigenvalue weighted by Gasteiger charge is 2.17. The normalized spacial score (nSPS) is 12.8. The molecule has 1 amide bonds. The van der Waals surface area contributed by atoms with E-state index in [2.05, 4.69) is 31.3 Å². The number of carbonyl (C=O) groups is 2. The number of ether oxygens (including phenoxy) is 1. The van der Waals surface area contributed by atoms with Crippen molar-refractivity contribution < 1.29 is 24.5 Å². The quantitative estimate of drug-likeness (QED) is 0.0322. The van der Waals surface area contributed by atoms with Gasteiger partial charge in [0.25, 0.3) is 0 Å². The number of allylic oxidation sites excluding steroid dienone is 3. The SMILES string of the molecule is CCCCCCCCCCCCCC/C=C/C(O)C(CO)NC(=O)CCC/C=C\CCCCCCOC(=O)CCCCCCCCCCCCCCCCCCCCC. The number of aliphatic hydroxyl groups excluding tert-OH is 2. The standard InChI is InChI=1S/C53H101NO5/c1-3-5-7-9-11-13-15-17-19-20-21-22-23-25-27-31-35-39-43-47-53(58)59-48-44-40-36-32-28-30-34-38-42-46-52(57)54-50(49-55)51(56)45-41-37-33-29-26-24-18-16-14-12-10-8-6-4-2/h30,34,41,45,50-51,55-56H,3-29,31-33,35-40,42-44,46-49H2,1-2H3,(H,54,57)/b34-30-,45-41+. The van der Waals surface area contributed by atoms with E-state index in [0.717, 1.165) is 70.6 Å². The minimum absolute atomic E-state index is 0.0336. The fourth-order valence-corrected chi connectivity index (χ4v) is 7.93. The molecule has 2 unspecified atom stereocenters. The predicted octanol–water partition coefficient (Wildman–Crippen LogP) is 15.5. The summed E-state index contributed by atoms with van der Waals surface area (Å²) >= 11 is 0. The molecule has 6 heteroatoms. The lowest BCUT2D eigenvalue weighted by atomic mass is 10.0. The van der Waals surface area contributed by atoms with Crippen LogP contribution in [0.25, 0.3) is 0 Å². The van der Waals surface area contributed by atoms with Crippen molar-refractivity contribution in [3.63, 3.8) is 0 Å². The first-order valence-corrected chi connectivity index (χ1v) is 26.1. The van der Waals surface area contributed by atoms with E-state index < -0.39 is 12.1 Å². The lowest BCUT2D eigenvalue weighted by Crippen LogP contribution is -2.45.